The molecule has 0 amide bonds. The van der Waals surface area contributed by atoms with Crippen LogP contribution in [0, 0.1) is 0 Å². The standard InChI is InChI=1S/C9H13N3O/c1-2-8-5-6-9(13-8)4-3-7-11-12-10/h5-6H,2-4,7H2,1H3. The van der Waals surface area contributed by atoms with Crippen molar-refractivity contribution in [1.82, 2.24) is 0 Å². The molecule has 0 aliphatic heterocycles. The van der Waals surface area contributed by atoms with Gasteiger partial charge in [0.25, 0.3) is 0 Å². The van der Waals surface area contributed by atoms with Crippen molar-refractivity contribution in [2.45, 2.75) is 26.2 Å². The highest BCUT2D eigenvalue weighted by molar-refractivity contribution is 5.06. The number of azide groups is 1. The molecule has 0 unspecified atom stereocenters. The normalized spacial score (nSPS) is 9.62. The van der Waals surface area contributed by atoms with Crippen molar-refractivity contribution in [2.75, 3.05) is 6.54 Å². The van der Waals surface area contributed by atoms with E-state index in [-0.39, 0.29) is 0 Å². The average Bonchev–Trinajstić information content (AvgIpc) is 2.60. The summed E-state index contributed by atoms with van der Waals surface area (Å²) in [6.07, 6.45) is 2.62. The van der Waals surface area contributed by atoms with Gasteiger partial charge >= 0.3 is 0 Å². The first-order chi connectivity index (χ1) is 6.36. The number of hydrogen-bond acceptors (Lipinski definition) is 2. The van der Waals surface area contributed by atoms with Crippen molar-refractivity contribution in [1.29, 1.82) is 0 Å². The van der Waals surface area contributed by atoms with Gasteiger partial charge in [-0.2, -0.15) is 0 Å². The number of hydrogen-bond donors (Lipinski definition) is 0. The molecule has 0 saturated heterocycles. The van der Waals surface area contributed by atoms with Crippen LogP contribution in [0.15, 0.2) is 21.7 Å². The second-order valence-electron chi connectivity index (χ2n) is 2.78. The van der Waals surface area contributed by atoms with E-state index in [0.717, 1.165) is 30.8 Å². The van der Waals surface area contributed by atoms with Crippen molar-refractivity contribution in [3.63, 3.8) is 0 Å². The molecule has 13 heavy (non-hydrogen) atoms. The highest BCUT2D eigenvalue weighted by Crippen LogP contribution is 2.10. The Bertz CT molecular complexity index is 300. The predicted octanol–water partition coefficient (Wildman–Crippen LogP) is 3.08. The summed E-state index contributed by atoms with van der Waals surface area (Å²) in [5, 5.41) is 3.45. The van der Waals surface area contributed by atoms with E-state index < -0.39 is 0 Å². The first kappa shape index (κ1) is 9.68. The number of furan rings is 1. The van der Waals surface area contributed by atoms with Crippen LogP contribution in [0.4, 0.5) is 0 Å². The summed E-state index contributed by atoms with van der Waals surface area (Å²) in [4.78, 5) is 2.68. The number of nitrogens with zero attached hydrogens (tertiary/aromatic N) is 3. The summed E-state index contributed by atoms with van der Waals surface area (Å²) in [6, 6.07) is 3.97. The van der Waals surface area contributed by atoms with E-state index in [4.69, 9.17) is 9.95 Å². The largest absolute Gasteiger partial charge is 0.466 e. The second kappa shape index (κ2) is 5.27. The topological polar surface area (TPSA) is 61.9 Å². The fraction of sp³-hybridized carbons (Fsp3) is 0.556. The Morgan fingerprint density at radius 3 is 2.85 bits per heavy atom. The van der Waals surface area contributed by atoms with Crippen LogP contribution in [0.2, 0.25) is 0 Å². The van der Waals surface area contributed by atoms with E-state index in [2.05, 4.69) is 16.9 Å². The van der Waals surface area contributed by atoms with E-state index in [1.807, 2.05) is 12.1 Å². The van der Waals surface area contributed by atoms with Crippen LogP contribution in [0.1, 0.15) is 24.9 Å². The summed E-state index contributed by atoms with van der Waals surface area (Å²) in [5.41, 5.74) is 8.04. The molecule has 0 aromatic carbocycles. The van der Waals surface area contributed by atoms with Crippen LogP contribution in [0.25, 0.3) is 10.4 Å². The summed E-state index contributed by atoms with van der Waals surface area (Å²) >= 11 is 0. The van der Waals surface area contributed by atoms with Gasteiger partial charge in [-0.25, -0.2) is 0 Å². The highest BCUT2D eigenvalue weighted by atomic mass is 16.3. The monoisotopic (exact) mass is 179 g/mol. The molecule has 0 bridgehead atoms. The maximum atomic E-state index is 8.04. The first-order valence-corrected chi connectivity index (χ1v) is 4.45. The van der Waals surface area contributed by atoms with Crippen molar-refractivity contribution < 1.29 is 4.42 Å². The molecule has 70 valence electrons. The third-order valence-electron chi connectivity index (χ3n) is 1.81. The van der Waals surface area contributed by atoms with E-state index >= 15 is 0 Å². The van der Waals surface area contributed by atoms with E-state index in [1.54, 1.807) is 0 Å². The summed E-state index contributed by atoms with van der Waals surface area (Å²) in [5.74, 6) is 1.99. The van der Waals surface area contributed by atoms with Crippen LogP contribution in [-0.2, 0) is 12.8 Å². The zero-order valence-electron chi connectivity index (χ0n) is 7.73. The molecule has 1 rings (SSSR count). The lowest BCUT2D eigenvalue weighted by Crippen LogP contribution is -1.84. The van der Waals surface area contributed by atoms with E-state index in [0.29, 0.717) is 6.54 Å². The van der Waals surface area contributed by atoms with Crippen molar-refractivity contribution in [3.8, 4) is 0 Å². The maximum absolute atomic E-state index is 8.04. The summed E-state index contributed by atoms with van der Waals surface area (Å²) in [7, 11) is 0. The van der Waals surface area contributed by atoms with Gasteiger partial charge in [0.2, 0.25) is 0 Å². The molecule has 0 fully saturated rings. The fourth-order valence-corrected chi connectivity index (χ4v) is 1.12. The predicted molar refractivity (Wildman–Crippen MR) is 50.4 cm³/mol. The third kappa shape index (κ3) is 3.22. The molecule has 0 N–H and O–H groups in total. The van der Waals surface area contributed by atoms with Gasteiger partial charge in [-0.15, -0.1) is 0 Å². The Balaban J connectivity index is 2.32. The van der Waals surface area contributed by atoms with Gasteiger partial charge in [0.15, 0.2) is 0 Å². The third-order valence-corrected chi connectivity index (χ3v) is 1.81. The summed E-state index contributed by atoms with van der Waals surface area (Å²) < 4.78 is 5.48. The van der Waals surface area contributed by atoms with Crippen molar-refractivity contribution in [3.05, 3.63) is 34.1 Å². The molecule has 0 spiro atoms. The van der Waals surface area contributed by atoms with Crippen LogP contribution >= 0.6 is 0 Å². The SMILES string of the molecule is CCc1ccc(CCCN=[N+]=[N-])o1. The lowest BCUT2D eigenvalue weighted by Gasteiger charge is -1.92. The molecular formula is C9H13N3O. The average molecular weight is 179 g/mol. The van der Waals surface area contributed by atoms with E-state index in [1.165, 1.54) is 0 Å². The molecule has 1 aromatic rings. The summed E-state index contributed by atoms with van der Waals surface area (Å²) in [6.45, 7) is 2.60. The van der Waals surface area contributed by atoms with Gasteiger partial charge in [0.05, 0.1) is 0 Å². The van der Waals surface area contributed by atoms with E-state index in [9.17, 15) is 0 Å². The van der Waals surface area contributed by atoms with Crippen molar-refractivity contribution in [2.24, 2.45) is 5.11 Å². The smallest absolute Gasteiger partial charge is 0.104 e. The van der Waals surface area contributed by atoms with Crippen LogP contribution in [-0.4, -0.2) is 6.54 Å². The number of aryl methyl sites for hydroxylation is 2. The molecule has 4 heteroatoms. The van der Waals surface area contributed by atoms with Gasteiger partial charge in [-0.05, 0) is 24.1 Å². The molecule has 4 nitrogen and oxygen atoms in total. The zero-order valence-corrected chi connectivity index (χ0v) is 7.73. The Hall–Kier alpha value is -1.41. The quantitative estimate of drug-likeness (QED) is 0.296. The lowest BCUT2D eigenvalue weighted by atomic mass is 10.2. The van der Waals surface area contributed by atoms with Crippen molar-refractivity contribution >= 4 is 0 Å². The molecule has 0 atom stereocenters. The Kier molecular flexibility index (Phi) is 3.93. The highest BCUT2D eigenvalue weighted by Gasteiger charge is 1.98. The Morgan fingerprint density at radius 2 is 2.23 bits per heavy atom. The molecule has 0 saturated carbocycles. The van der Waals surface area contributed by atoms with Gasteiger partial charge in [0, 0.05) is 24.3 Å². The fourth-order valence-electron chi connectivity index (χ4n) is 1.12. The molecular weight excluding hydrogens is 166 g/mol. The minimum atomic E-state index is 0.540. The first-order valence-electron chi connectivity index (χ1n) is 4.45. The molecule has 1 aromatic heterocycles. The Morgan fingerprint density at radius 1 is 1.46 bits per heavy atom. The second-order valence-corrected chi connectivity index (χ2v) is 2.78. The number of rotatable bonds is 5. The van der Waals surface area contributed by atoms with Gasteiger partial charge < -0.3 is 4.42 Å². The maximum Gasteiger partial charge on any atom is 0.104 e. The molecule has 0 aliphatic carbocycles. The van der Waals surface area contributed by atoms with Crippen LogP contribution in [0.3, 0.4) is 0 Å². The van der Waals surface area contributed by atoms with Crippen LogP contribution < -0.4 is 0 Å². The van der Waals surface area contributed by atoms with Gasteiger partial charge in [0.1, 0.15) is 11.5 Å². The minimum absolute atomic E-state index is 0.540. The molecule has 1 heterocycles. The molecule has 0 radical (unpaired) electrons. The van der Waals surface area contributed by atoms with Crippen LogP contribution in [0.5, 0.6) is 0 Å². The lowest BCUT2D eigenvalue weighted by molar-refractivity contribution is 0.465. The van der Waals surface area contributed by atoms with Gasteiger partial charge in [-0.3, -0.25) is 0 Å². The molecule has 0 aliphatic rings. The van der Waals surface area contributed by atoms with Gasteiger partial charge in [-0.1, -0.05) is 12.0 Å². The zero-order chi connectivity index (χ0) is 9.52. The minimum Gasteiger partial charge on any atom is -0.466 e. The Labute approximate surface area is 77.2 Å².